The van der Waals surface area contributed by atoms with Gasteiger partial charge in [0.2, 0.25) is 21.8 Å². The van der Waals surface area contributed by atoms with Crippen molar-refractivity contribution >= 4 is 27.5 Å². The molecular weight excluding hydrogens is 566 g/mol. The normalized spacial score (nSPS) is 13.6. The summed E-state index contributed by atoms with van der Waals surface area (Å²) in [5.41, 5.74) is 1.77. The maximum atomic E-state index is 13.9. The number of hydrogen-bond donors (Lipinski definition) is 1. The topological polar surface area (TPSA) is 105 Å². The number of amides is 2. The van der Waals surface area contributed by atoms with E-state index in [0.717, 1.165) is 17.4 Å². The molecule has 0 saturated carbocycles. The van der Waals surface area contributed by atoms with Gasteiger partial charge in [-0.3, -0.25) is 13.9 Å². The molecule has 0 saturated heterocycles. The Morgan fingerprint density at radius 3 is 2.09 bits per heavy atom. The van der Waals surface area contributed by atoms with Crippen LogP contribution in [0.5, 0.6) is 11.5 Å². The Balaban J connectivity index is 1.57. The zero-order valence-electron chi connectivity index (χ0n) is 25.3. The van der Waals surface area contributed by atoms with Gasteiger partial charge >= 0.3 is 0 Å². The van der Waals surface area contributed by atoms with Crippen molar-refractivity contribution in [1.82, 2.24) is 10.2 Å². The van der Waals surface area contributed by atoms with Gasteiger partial charge in [-0.1, -0.05) is 60.7 Å². The van der Waals surface area contributed by atoms with Crippen molar-refractivity contribution in [2.45, 2.75) is 58.2 Å². The van der Waals surface area contributed by atoms with E-state index < -0.39 is 21.6 Å². The van der Waals surface area contributed by atoms with E-state index in [2.05, 4.69) is 5.32 Å². The van der Waals surface area contributed by atoms with Crippen LogP contribution >= 0.6 is 0 Å². The number of sulfonamides is 1. The second-order valence-corrected chi connectivity index (χ2v) is 13.6. The van der Waals surface area contributed by atoms with Crippen LogP contribution < -0.4 is 19.1 Å². The molecular formula is C33H41N3O6S. The van der Waals surface area contributed by atoms with Crippen molar-refractivity contribution < 1.29 is 27.5 Å². The highest BCUT2D eigenvalue weighted by Gasteiger charge is 2.32. The first-order valence-corrected chi connectivity index (χ1v) is 16.3. The van der Waals surface area contributed by atoms with Crippen molar-refractivity contribution in [2.24, 2.45) is 0 Å². The molecule has 3 aromatic rings. The Kier molecular flexibility index (Phi) is 10.3. The maximum absolute atomic E-state index is 13.9. The van der Waals surface area contributed by atoms with Gasteiger partial charge in [0.15, 0.2) is 11.5 Å². The summed E-state index contributed by atoms with van der Waals surface area (Å²) in [5.74, 6) is 0.573. The fraction of sp³-hybridized carbons (Fsp3) is 0.394. The monoisotopic (exact) mass is 607 g/mol. The highest BCUT2D eigenvalue weighted by molar-refractivity contribution is 7.92. The maximum Gasteiger partial charge on any atom is 0.243 e. The Bertz CT molecular complexity index is 1490. The van der Waals surface area contributed by atoms with Crippen LogP contribution in [-0.4, -0.2) is 62.7 Å². The summed E-state index contributed by atoms with van der Waals surface area (Å²) in [6, 6.07) is 23.4. The van der Waals surface area contributed by atoms with Gasteiger partial charge in [0.05, 0.1) is 11.9 Å². The lowest BCUT2D eigenvalue weighted by molar-refractivity contribution is -0.142. The van der Waals surface area contributed by atoms with Crippen molar-refractivity contribution in [3.63, 3.8) is 0 Å². The number of fused-ring (bicyclic) bond motifs is 1. The fourth-order valence-electron chi connectivity index (χ4n) is 4.98. The molecule has 1 aliphatic rings. The minimum atomic E-state index is -3.65. The first-order chi connectivity index (χ1) is 20.4. The third kappa shape index (κ3) is 9.22. The molecule has 10 heteroatoms. The van der Waals surface area contributed by atoms with E-state index in [1.807, 2.05) is 81.4 Å². The average Bonchev–Trinajstić information content (AvgIpc) is 2.96. The molecule has 0 aromatic heterocycles. The molecule has 3 aromatic carbocycles. The van der Waals surface area contributed by atoms with Crippen LogP contribution in [0.2, 0.25) is 0 Å². The number of ether oxygens (including phenoxy) is 2. The number of nitrogens with one attached hydrogen (secondary N) is 1. The molecule has 1 N–H and O–H groups in total. The minimum Gasteiger partial charge on any atom is -0.486 e. The van der Waals surface area contributed by atoms with Crippen LogP contribution in [0.15, 0.2) is 78.9 Å². The van der Waals surface area contributed by atoms with E-state index in [4.69, 9.17) is 9.47 Å². The molecule has 0 aliphatic carbocycles. The number of rotatable bonds is 12. The van der Waals surface area contributed by atoms with E-state index in [9.17, 15) is 18.0 Å². The lowest BCUT2D eigenvalue weighted by atomic mass is 10.00. The number of carbonyl (C=O) groups is 2. The molecule has 2 amide bonds. The number of hydrogen-bond acceptors (Lipinski definition) is 6. The zero-order valence-corrected chi connectivity index (χ0v) is 26.1. The molecule has 9 nitrogen and oxygen atoms in total. The predicted octanol–water partition coefficient (Wildman–Crippen LogP) is 4.56. The Labute approximate surface area is 254 Å². The second-order valence-electron chi connectivity index (χ2n) is 11.7. The molecule has 4 rings (SSSR count). The van der Waals surface area contributed by atoms with Gasteiger partial charge in [0.25, 0.3) is 0 Å². The average molecular weight is 608 g/mol. The van der Waals surface area contributed by atoms with Crippen molar-refractivity contribution in [2.75, 3.05) is 30.3 Å². The number of benzene rings is 3. The first-order valence-electron chi connectivity index (χ1n) is 14.5. The highest BCUT2D eigenvalue weighted by Crippen LogP contribution is 2.34. The van der Waals surface area contributed by atoms with Gasteiger partial charge in [0.1, 0.15) is 19.3 Å². The van der Waals surface area contributed by atoms with Gasteiger partial charge in [-0.25, -0.2) is 8.42 Å². The molecule has 0 radical (unpaired) electrons. The number of nitrogens with zero attached hydrogens (tertiary/aromatic N) is 2. The van der Waals surface area contributed by atoms with Crippen LogP contribution in [0.25, 0.3) is 0 Å². The summed E-state index contributed by atoms with van der Waals surface area (Å²) in [4.78, 5) is 29.3. The summed E-state index contributed by atoms with van der Waals surface area (Å²) in [5, 5.41) is 3.06. The molecule has 0 bridgehead atoms. The van der Waals surface area contributed by atoms with Gasteiger partial charge in [-0.15, -0.1) is 0 Å². The third-order valence-corrected chi connectivity index (χ3v) is 8.13. The molecule has 0 spiro atoms. The standard InChI is InChI=1S/C33H41N3O6S/c1-33(2,3)34-32(38)28(22-25-12-7-5-8-13-25)35(24-26-14-9-6-10-15-26)31(37)16-11-19-36(43(4,39)40)27-17-18-29-30(23-27)42-21-20-41-29/h5-10,12-15,17-18,23,28H,11,16,19-22,24H2,1-4H3,(H,34,38). The second kappa shape index (κ2) is 13.9. The largest absolute Gasteiger partial charge is 0.486 e. The summed E-state index contributed by atoms with van der Waals surface area (Å²) in [7, 11) is -3.65. The summed E-state index contributed by atoms with van der Waals surface area (Å²) in [6.45, 7) is 6.87. The van der Waals surface area contributed by atoms with Crippen molar-refractivity contribution in [3.8, 4) is 11.5 Å². The van der Waals surface area contributed by atoms with E-state index >= 15 is 0 Å². The first kappa shape index (κ1) is 31.9. The van der Waals surface area contributed by atoms with E-state index in [1.165, 1.54) is 4.31 Å². The van der Waals surface area contributed by atoms with Crippen LogP contribution in [-0.2, 0) is 32.6 Å². The SMILES string of the molecule is CC(C)(C)NC(=O)C(Cc1ccccc1)N(Cc1ccccc1)C(=O)CCCN(c1ccc2c(c1)OCCO2)S(C)(=O)=O. The zero-order chi connectivity index (χ0) is 31.0. The number of anilines is 1. The third-order valence-electron chi connectivity index (χ3n) is 6.93. The van der Waals surface area contributed by atoms with Crippen molar-refractivity contribution in [1.29, 1.82) is 0 Å². The molecule has 1 unspecified atom stereocenters. The van der Waals surface area contributed by atoms with Gasteiger partial charge < -0.3 is 19.7 Å². The smallest absolute Gasteiger partial charge is 0.243 e. The molecule has 0 fully saturated rings. The van der Waals surface area contributed by atoms with Gasteiger partial charge in [-0.05, 0) is 50.5 Å². The van der Waals surface area contributed by atoms with Crippen LogP contribution in [0.3, 0.4) is 0 Å². The lowest BCUT2D eigenvalue weighted by Gasteiger charge is -2.34. The Hall–Kier alpha value is -4.05. The lowest BCUT2D eigenvalue weighted by Crippen LogP contribution is -2.54. The fourth-order valence-corrected chi connectivity index (χ4v) is 5.94. The van der Waals surface area contributed by atoms with Crippen LogP contribution in [0.1, 0.15) is 44.7 Å². The number of carbonyl (C=O) groups excluding carboxylic acids is 2. The summed E-state index contributed by atoms with van der Waals surface area (Å²) < 4.78 is 38.1. The van der Waals surface area contributed by atoms with Crippen LogP contribution in [0, 0.1) is 0 Å². The van der Waals surface area contributed by atoms with E-state index in [-0.39, 0.29) is 37.7 Å². The van der Waals surface area contributed by atoms with Gasteiger partial charge in [0, 0.05) is 37.5 Å². The van der Waals surface area contributed by atoms with Crippen molar-refractivity contribution in [3.05, 3.63) is 90.0 Å². The molecule has 1 heterocycles. The molecule has 43 heavy (non-hydrogen) atoms. The summed E-state index contributed by atoms with van der Waals surface area (Å²) >= 11 is 0. The van der Waals surface area contributed by atoms with E-state index in [0.29, 0.717) is 36.8 Å². The molecule has 1 atom stereocenters. The predicted molar refractivity (Wildman–Crippen MR) is 168 cm³/mol. The Morgan fingerprint density at radius 1 is 0.884 bits per heavy atom. The minimum absolute atomic E-state index is 0.0531. The molecule has 230 valence electrons. The highest BCUT2D eigenvalue weighted by atomic mass is 32.2. The summed E-state index contributed by atoms with van der Waals surface area (Å²) in [6.07, 6.45) is 1.79. The quantitative estimate of drug-likeness (QED) is 0.324. The van der Waals surface area contributed by atoms with E-state index in [1.54, 1.807) is 23.1 Å². The molecule has 1 aliphatic heterocycles. The van der Waals surface area contributed by atoms with Gasteiger partial charge in [-0.2, -0.15) is 0 Å². The van der Waals surface area contributed by atoms with Crippen LogP contribution in [0.4, 0.5) is 5.69 Å². The Morgan fingerprint density at radius 2 is 1.49 bits per heavy atom.